The number of nitrogens with one attached hydrogen (secondary N) is 2. The van der Waals surface area contributed by atoms with Crippen molar-refractivity contribution in [2.45, 2.75) is 19.3 Å². The molecular formula is C21H24N4O5S2. The fourth-order valence-corrected chi connectivity index (χ4v) is 5.22. The topological polar surface area (TPSA) is 120 Å². The van der Waals surface area contributed by atoms with E-state index in [-0.39, 0.29) is 24.8 Å². The molecule has 2 N–H and O–H groups in total. The number of carbonyl (C=O) groups is 1. The van der Waals surface area contributed by atoms with Gasteiger partial charge in [-0.2, -0.15) is 4.98 Å². The van der Waals surface area contributed by atoms with E-state index in [1.165, 1.54) is 24.5 Å². The molecule has 32 heavy (non-hydrogen) atoms. The summed E-state index contributed by atoms with van der Waals surface area (Å²) in [5.41, 5.74) is 1.87. The second-order valence-electron chi connectivity index (χ2n) is 6.87. The highest BCUT2D eigenvalue weighted by molar-refractivity contribution is 7.88. The molecule has 1 amide bonds. The van der Waals surface area contributed by atoms with E-state index >= 15 is 0 Å². The molecule has 3 aromatic rings. The van der Waals surface area contributed by atoms with Crippen LogP contribution in [0.4, 0.5) is 5.69 Å². The first-order valence-electron chi connectivity index (χ1n) is 9.59. The molecule has 0 fully saturated rings. The molecule has 11 heteroatoms. The lowest BCUT2D eigenvalue weighted by molar-refractivity contribution is 0.103. The van der Waals surface area contributed by atoms with E-state index in [1.54, 1.807) is 31.4 Å². The standard InChI is InChI=1S/C21H24N4O5S2/c1-5-10-22-32(27,28)12-14-6-8-15(9-7-14)23-19(26)18-13(2)17-20(30-4)24-16(11-29-3)25-21(17)31-18/h5-9,22H,1,10-12H2,2-4H3,(H,23,26). The number of aromatic nitrogens is 2. The third kappa shape index (κ3) is 5.49. The van der Waals surface area contributed by atoms with E-state index in [2.05, 4.69) is 26.6 Å². The minimum absolute atomic E-state index is 0.160. The average Bonchev–Trinajstić information content (AvgIpc) is 3.10. The summed E-state index contributed by atoms with van der Waals surface area (Å²) < 4.78 is 36.9. The van der Waals surface area contributed by atoms with Gasteiger partial charge in [-0.1, -0.05) is 18.2 Å². The number of carbonyl (C=O) groups excluding carboxylic acids is 1. The Kier molecular flexibility index (Phi) is 7.56. The number of methoxy groups -OCH3 is 2. The molecule has 0 unspecified atom stereocenters. The number of anilines is 1. The van der Waals surface area contributed by atoms with Crippen molar-refractivity contribution >= 4 is 43.2 Å². The Bertz CT molecular complexity index is 1240. The lowest BCUT2D eigenvalue weighted by Gasteiger charge is -2.08. The molecule has 2 aromatic heterocycles. The summed E-state index contributed by atoms with van der Waals surface area (Å²) >= 11 is 1.25. The molecule has 0 bridgehead atoms. The van der Waals surface area contributed by atoms with E-state index in [9.17, 15) is 13.2 Å². The van der Waals surface area contributed by atoms with Crippen LogP contribution in [0.1, 0.15) is 26.6 Å². The van der Waals surface area contributed by atoms with Crippen molar-refractivity contribution in [1.82, 2.24) is 14.7 Å². The van der Waals surface area contributed by atoms with Gasteiger partial charge >= 0.3 is 0 Å². The molecule has 0 atom stereocenters. The Morgan fingerprint density at radius 3 is 2.56 bits per heavy atom. The van der Waals surface area contributed by atoms with Crippen molar-refractivity contribution in [1.29, 1.82) is 0 Å². The van der Waals surface area contributed by atoms with Crippen molar-refractivity contribution in [3.8, 4) is 5.88 Å². The monoisotopic (exact) mass is 476 g/mol. The zero-order chi connectivity index (χ0) is 23.3. The Balaban J connectivity index is 1.79. The number of nitrogens with zero attached hydrogens (tertiary/aromatic N) is 2. The predicted molar refractivity (Wildman–Crippen MR) is 125 cm³/mol. The zero-order valence-corrected chi connectivity index (χ0v) is 19.6. The van der Waals surface area contributed by atoms with Crippen LogP contribution in [0, 0.1) is 6.92 Å². The van der Waals surface area contributed by atoms with E-state index in [1.807, 2.05) is 6.92 Å². The van der Waals surface area contributed by atoms with Crippen LogP contribution in [-0.2, 0) is 27.1 Å². The predicted octanol–water partition coefficient (Wildman–Crippen LogP) is 3.01. The fourth-order valence-electron chi connectivity index (χ4n) is 3.03. The van der Waals surface area contributed by atoms with Crippen LogP contribution in [-0.4, -0.2) is 45.1 Å². The third-order valence-corrected chi connectivity index (χ3v) is 7.00. The van der Waals surface area contributed by atoms with Crippen LogP contribution < -0.4 is 14.8 Å². The number of hydrogen-bond acceptors (Lipinski definition) is 8. The van der Waals surface area contributed by atoms with Gasteiger partial charge in [0.15, 0.2) is 5.82 Å². The molecule has 3 rings (SSSR count). The normalized spacial score (nSPS) is 11.5. The largest absolute Gasteiger partial charge is 0.480 e. The van der Waals surface area contributed by atoms with Gasteiger partial charge < -0.3 is 14.8 Å². The maximum absolute atomic E-state index is 12.9. The number of aryl methyl sites for hydroxylation is 1. The highest BCUT2D eigenvalue weighted by atomic mass is 32.2. The number of amides is 1. The Hall–Kier alpha value is -2.86. The summed E-state index contributed by atoms with van der Waals surface area (Å²) in [6.07, 6.45) is 1.48. The van der Waals surface area contributed by atoms with Gasteiger partial charge in [0.05, 0.1) is 23.1 Å². The van der Waals surface area contributed by atoms with Gasteiger partial charge in [-0.3, -0.25) is 4.79 Å². The number of sulfonamides is 1. The minimum atomic E-state index is -3.45. The number of ether oxygens (including phenoxy) is 2. The SMILES string of the molecule is C=CCNS(=O)(=O)Cc1ccc(NC(=O)c2sc3nc(COC)nc(OC)c3c2C)cc1. The van der Waals surface area contributed by atoms with Gasteiger partial charge in [0.1, 0.15) is 11.4 Å². The van der Waals surface area contributed by atoms with Gasteiger partial charge in [-0.15, -0.1) is 17.9 Å². The molecule has 0 spiro atoms. The van der Waals surface area contributed by atoms with E-state index in [0.29, 0.717) is 38.0 Å². The second-order valence-corrected chi connectivity index (χ2v) is 9.67. The third-order valence-electron chi connectivity index (χ3n) is 4.49. The number of hydrogen-bond donors (Lipinski definition) is 2. The van der Waals surface area contributed by atoms with E-state index < -0.39 is 10.0 Å². The van der Waals surface area contributed by atoms with Gasteiger partial charge in [0.25, 0.3) is 5.91 Å². The fraction of sp³-hybridized carbons (Fsp3) is 0.286. The van der Waals surface area contributed by atoms with Crippen LogP contribution in [0.2, 0.25) is 0 Å². The summed E-state index contributed by atoms with van der Waals surface area (Å²) in [6.45, 7) is 5.72. The van der Waals surface area contributed by atoms with Crippen LogP contribution >= 0.6 is 11.3 Å². The highest BCUT2D eigenvalue weighted by Gasteiger charge is 2.21. The quantitative estimate of drug-likeness (QED) is 0.432. The number of fused-ring (bicyclic) bond motifs is 1. The lowest BCUT2D eigenvalue weighted by Crippen LogP contribution is -2.25. The molecule has 0 saturated carbocycles. The maximum Gasteiger partial charge on any atom is 0.266 e. The smallest absolute Gasteiger partial charge is 0.266 e. The second kappa shape index (κ2) is 10.2. The molecule has 170 valence electrons. The summed E-state index contributed by atoms with van der Waals surface area (Å²) in [6, 6.07) is 6.64. The van der Waals surface area contributed by atoms with Crippen molar-refractivity contribution in [2.75, 3.05) is 26.1 Å². The van der Waals surface area contributed by atoms with E-state index in [0.717, 1.165) is 5.56 Å². The zero-order valence-electron chi connectivity index (χ0n) is 18.0. The van der Waals surface area contributed by atoms with Crippen LogP contribution in [0.25, 0.3) is 10.2 Å². The number of rotatable bonds is 10. The van der Waals surface area contributed by atoms with Crippen molar-refractivity contribution in [3.05, 3.63) is 58.7 Å². The molecule has 2 heterocycles. The van der Waals surface area contributed by atoms with Crippen LogP contribution in [0.15, 0.2) is 36.9 Å². The van der Waals surface area contributed by atoms with Gasteiger partial charge in [0.2, 0.25) is 15.9 Å². The molecule has 9 nitrogen and oxygen atoms in total. The first-order valence-corrected chi connectivity index (χ1v) is 12.1. The molecule has 0 aliphatic carbocycles. The van der Waals surface area contributed by atoms with Crippen molar-refractivity contribution < 1.29 is 22.7 Å². The van der Waals surface area contributed by atoms with Crippen LogP contribution in [0.5, 0.6) is 5.88 Å². The van der Waals surface area contributed by atoms with Gasteiger partial charge in [-0.05, 0) is 30.2 Å². The van der Waals surface area contributed by atoms with Crippen molar-refractivity contribution in [3.63, 3.8) is 0 Å². The highest BCUT2D eigenvalue weighted by Crippen LogP contribution is 2.35. The first-order chi connectivity index (χ1) is 15.3. The molecular weight excluding hydrogens is 452 g/mol. The van der Waals surface area contributed by atoms with Crippen LogP contribution in [0.3, 0.4) is 0 Å². The summed E-state index contributed by atoms with van der Waals surface area (Å²) in [4.78, 5) is 22.8. The number of benzene rings is 1. The minimum Gasteiger partial charge on any atom is -0.480 e. The molecule has 0 aliphatic rings. The number of thiophene rings is 1. The molecule has 1 aromatic carbocycles. The summed E-state index contributed by atoms with van der Waals surface area (Å²) in [5, 5.41) is 3.53. The molecule has 0 radical (unpaired) electrons. The van der Waals surface area contributed by atoms with Gasteiger partial charge in [0, 0.05) is 19.3 Å². The Labute approximate surface area is 190 Å². The first kappa shape index (κ1) is 23.8. The summed E-state index contributed by atoms with van der Waals surface area (Å²) in [7, 11) is -0.381. The lowest BCUT2D eigenvalue weighted by atomic mass is 10.2. The Morgan fingerprint density at radius 1 is 1.22 bits per heavy atom. The van der Waals surface area contributed by atoms with Gasteiger partial charge in [-0.25, -0.2) is 18.1 Å². The molecule has 0 saturated heterocycles. The Morgan fingerprint density at radius 2 is 1.94 bits per heavy atom. The molecule has 0 aliphatic heterocycles. The average molecular weight is 477 g/mol. The maximum atomic E-state index is 12.9. The van der Waals surface area contributed by atoms with E-state index in [4.69, 9.17) is 9.47 Å². The summed E-state index contributed by atoms with van der Waals surface area (Å²) in [5.74, 6) is 0.407. The van der Waals surface area contributed by atoms with Crippen molar-refractivity contribution in [2.24, 2.45) is 0 Å².